The SMILES string of the molecule is CC(=S)Nc1ccc(Cl)nc1C(=O)c1ccc(Cl)cc1. The molecule has 0 bridgehead atoms. The maximum Gasteiger partial charge on any atom is 0.213 e. The average molecular weight is 325 g/mol. The van der Waals surface area contributed by atoms with Gasteiger partial charge in [-0.05, 0) is 43.3 Å². The highest BCUT2D eigenvalue weighted by Gasteiger charge is 2.16. The molecular weight excluding hydrogens is 315 g/mol. The Morgan fingerprint density at radius 1 is 1.15 bits per heavy atom. The fourth-order valence-corrected chi connectivity index (χ4v) is 2.02. The number of nitrogens with one attached hydrogen (secondary N) is 1. The van der Waals surface area contributed by atoms with E-state index in [9.17, 15) is 4.79 Å². The topological polar surface area (TPSA) is 42.0 Å². The normalized spacial score (nSPS) is 10.2. The second-order valence-electron chi connectivity index (χ2n) is 4.05. The van der Waals surface area contributed by atoms with E-state index in [2.05, 4.69) is 10.3 Å². The summed E-state index contributed by atoms with van der Waals surface area (Å²) < 4.78 is 0. The fourth-order valence-electron chi connectivity index (χ4n) is 1.64. The third kappa shape index (κ3) is 3.54. The lowest BCUT2D eigenvalue weighted by Crippen LogP contribution is -2.12. The molecule has 0 radical (unpaired) electrons. The van der Waals surface area contributed by atoms with Gasteiger partial charge in [-0.1, -0.05) is 35.4 Å². The standard InChI is InChI=1S/C14H10Cl2N2OS/c1-8(20)17-11-6-7-12(16)18-13(11)14(19)9-2-4-10(15)5-3-9/h2-7H,1H3,(H,17,20). The summed E-state index contributed by atoms with van der Waals surface area (Å²) >= 11 is 16.7. The lowest BCUT2D eigenvalue weighted by molar-refractivity contribution is 0.103. The number of nitrogens with zero attached hydrogens (tertiary/aromatic N) is 1. The molecule has 0 aliphatic rings. The number of aromatic nitrogens is 1. The number of hydrogen-bond donors (Lipinski definition) is 1. The van der Waals surface area contributed by atoms with Crippen molar-refractivity contribution in [1.82, 2.24) is 4.98 Å². The van der Waals surface area contributed by atoms with Crippen molar-refractivity contribution in [2.24, 2.45) is 0 Å². The molecule has 6 heteroatoms. The van der Waals surface area contributed by atoms with Gasteiger partial charge in [0.1, 0.15) is 10.8 Å². The van der Waals surface area contributed by atoms with Gasteiger partial charge in [-0.25, -0.2) is 4.98 Å². The first-order chi connectivity index (χ1) is 9.47. The molecule has 1 N–H and O–H groups in total. The van der Waals surface area contributed by atoms with Crippen LogP contribution >= 0.6 is 35.4 Å². The van der Waals surface area contributed by atoms with Crippen LogP contribution in [0.1, 0.15) is 23.0 Å². The summed E-state index contributed by atoms with van der Waals surface area (Å²) in [6.07, 6.45) is 0. The van der Waals surface area contributed by atoms with E-state index in [1.807, 2.05) is 0 Å². The monoisotopic (exact) mass is 324 g/mol. The Bertz CT molecular complexity index is 671. The van der Waals surface area contributed by atoms with Gasteiger partial charge in [-0.15, -0.1) is 0 Å². The van der Waals surface area contributed by atoms with E-state index >= 15 is 0 Å². The van der Waals surface area contributed by atoms with Crippen LogP contribution < -0.4 is 5.32 Å². The van der Waals surface area contributed by atoms with Crippen LogP contribution in [0.25, 0.3) is 0 Å². The third-order valence-corrected chi connectivity index (χ3v) is 3.06. The first-order valence-corrected chi connectivity index (χ1v) is 6.88. The van der Waals surface area contributed by atoms with Gasteiger partial charge in [0, 0.05) is 10.6 Å². The number of carbonyl (C=O) groups excluding carboxylic acids is 1. The summed E-state index contributed by atoms with van der Waals surface area (Å²) in [6, 6.07) is 9.85. The lowest BCUT2D eigenvalue weighted by Gasteiger charge is -2.10. The Labute approximate surface area is 131 Å². The van der Waals surface area contributed by atoms with Crippen molar-refractivity contribution in [3.8, 4) is 0 Å². The molecule has 2 aromatic rings. The number of pyridine rings is 1. The molecule has 0 atom stereocenters. The molecule has 0 saturated heterocycles. The molecule has 20 heavy (non-hydrogen) atoms. The molecule has 2 rings (SSSR count). The Hall–Kier alpha value is -1.49. The average Bonchev–Trinajstić information content (AvgIpc) is 2.40. The quantitative estimate of drug-likeness (QED) is 0.517. The minimum absolute atomic E-state index is 0.226. The third-order valence-electron chi connectivity index (χ3n) is 2.49. The zero-order chi connectivity index (χ0) is 14.7. The summed E-state index contributed by atoms with van der Waals surface area (Å²) in [5, 5.41) is 3.73. The van der Waals surface area contributed by atoms with Gasteiger partial charge in [-0.3, -0.25) is 4.79 Å². The number of anilines is 1. The van der Waals surface area contributed by atoms with E-state index < -0.39 is 0 Å². The number of carbonyl (C=O) groups is 1. The van der Waals surface area contributed by atoms with Crippen LogP contribution in [0.5, 0.6) is 0 Å². The molecular formula is C14H10Cl2N2OS. The Kier molecular flexibility index (Phi) is 4.70. The Morgan fingerprint density at radius 3 is 2.40 bits per heavy atom. The zero-order valence-electron chi connectivity index (χ0n) is 10.5. The van der Waals surface area contributed by atoms with Crippen LogP contribution in [0.2, 0.25) is 10.2 Å². The second-order valence-corrected chi connectivity index (χ2v) is 5.48. The Morgan fingerprint density at radius 2 is 1.80 bits per heavy atom. The summed E-state index contributed by atoms with van der Waals surface area (Å²) in [6.45, 7) is 1.72. The van der Waals surface area contributed by atoms with E-state index in [1.54, 1.807) is 43.3 Å². The molecule has 102 valence electrons. The fraction of sp³-hybridized carbons (Fsp3) is 0.0714. The van der Waals surface area contributed by atoms with Crippen LogP contribution in [0.15, 0.2) is 36.4 Å². The molecule has 0 spiro atoms. The molecule has 0 saturated carbocycles. The molecule has 3 nitrogen and oxygen atoms in total. The van der Waals surface area contributed by atoms with E-state index in [4.69, 9.17) is 35.4 Å². The highest BCUT2D eigenvalue weighted by Crippen LogP contribution is 2.21. The zero-order valence-corrected chi connectivity index (χ0v) is 12.8. The molecule has 1 aromatic carbocycles. The summed E-state index contributed by atoms with van der Waals surface area (Å²) in [4.78, 5) is 17.1. The first-order valence-electron chi connectivity index (χ1n) is 5.72. The van der Waals surface area contributed by atoms with Crippen molar-refractivity contribution < 1.29 is 4.79 Å². The molecule has 0 aliphatic heterocycles. The maximum atomic E-state index is 12.5. The van der Waals surface area contributed by atoms with Gasteiger partial charge in [0.15, 0.2) is 0 Å². The van der Waals surface area contributed by atoms with Gasteiger partial charge >= 0.3 is 0 Å². The van der Waals surface area contributed by atoms with E-state index in [1.165, 1.54) is 0 Å². The minimum atomic E-state index is -0.247. The van der Waals surface area contributed by atoms with E-state index in [-0.39, 0.29) is 16.6 Å². The van der Waals surface area contributed by atoms with Crippen molar-refractivity contribution in [1.29, 1.82) is 0 Å². The first kappa shape index (κ1) is 14.9. The van der Waals surface area contributed by atoms with Crippen molar-refractivity contribution in [2.45, 2.75) is 6.92 Å². The molecule has 0 amide bonds. The van der Waals surface area contributed by atoms with Gasteiger partial charge in [-0.2, -0.15) is 0 Å². The number of rotatable bonds is 3. The van der Waals surface area contributed by atoms with E-state index in [0.29, 0.717) is 21.3 Å². The second kappa shape index (κ2) is 6.31. The van der Waals surface area contributed by atoms with Crippen molar-refractivity contribution >= 4 is 51.9 Å². The van der Waals surface area contributed by atoms with Gasteiger partial charge in [0.2, 0.25) is 5.78 Å². The van der Waals surface area contributed by atoms with Gasteiger partial charge < -0.3 is 5.32 Å². The molecule has 1 aromatic heterocycles. The number of thiocarbonyl (C=S) groups is 1. The summed E-state index contributed by atoms with van der Waals surface area (Å²) in [7, 11) is 0. The Balaban J connectivity index is 2.44. The maximum absolute atomic E-state index is 12.5. The predicted octanol–water partition coefficient (Wildman–Crippen LogP) is 4.38. The molecule has 0 fully saturated rings. The number of ketones is 1. The summed E-state index contributed by atoms with van der Waals surface area (Å²) in [5.74, 6) is -0.247. The van der Waals surface area contributed by atoms with Gasteiger partial charge in [0.05, 0.1) is 10.7 Å². The number of halogens is 2. The highest BCUT2D eigenvalue weighted by atomic mass is 35.5. The van der Waals surface area contributed by atoms with Crippen LogP contribution in [0.3, 0.4) is 0 Å². The number of hydrogen-bond acceptors (Lipinski definition) is 3. The van der Waals surface area contributed by atoms with Crippen molar-refractivity contribution in [3.63, 3.8) is 0 Å². The van der Waals surface area contributed by atoms with Crippen LogP contribution in [0, 0.1) is 0 Å². The van der Waals surface area contributed by atoms with Crippen LogP contribution in [0.4, 0.5) is 5.69 Å². The highest BCUT2D eigenvalue weighted by molar-refractivity contribution is 7.80. The van der Waals surface area contributed by atoms with Crippen LogP contribution in [-0.4, -0.2) is 15.8 Å². The molecule has 1 heterocycles. The van der Waals surface area contributed by atoms with Gasteiger partial charge in [0.25, 0.3) is 0 Å². The van der Waals surface area contributed by atoms with Crippen molar-refractivity contribution in [2.75, 3.05) is 5.32 Å². The van der Waals surface area contributed by atoms with Crippen LogP contribution in [-0.2, 0) is 0 Å². The lowest BCUT2D eigenvalue weighted by atomic mass is 10.1. The molecule has 0 aliphatic carbocycles. The van der Waals surface area contributed by atoms with Crippen molar-refractivity contribution in [3.05, 3.63) is 57.8 Å². The summed E-state index contributed by atoms with van der Waals surface area (Å²) in [5.41, 5.74) is 1.24. The largest absolute Gasteiger partial charge is 0.348 e. The molecule has 0 unspecified atom stereocenters. The predicted molar refractivity (Wildman–Crippen MR) is 86.0 cm³/mol. The van der Waals surface area contributed by atoms with E-state index in [0.717, 1.165) is 0 Å². The smallest absolute Gasteiger partial charge is 0.213 e. The number of benzene rings is 1. The minimum Gasteiger partial charge on any atom is -0.348 e.